The number of rotatable bonds is 9. The molecule has 2 rings (SSSR count). The SMILES string of the molecule is CCCOc1c(OC)cc(C2NC(=O)NC(C)=C2C(=O)OCC(C)C)cc1OC. The normalized spacial score (nSPS) is 16.2. The van der Waals surface area contributed by atoms with E-state index in [2.05, 4.69) is 10.6 Å². The fourth-order valence-corrected chi connectivity index (χ4v) is 2.95. The molecule has 8 nitrogen and oxygen atoms in total. The molecular formula is C21H30N2O6. The summed E-state index contributed by atoms with van der Waals surface area (Å²) in [4.78, 5) is 24.9. The average Bonchev–Trinajstić information content (AvgIpc) is 2.69. The molecule has 1 aliphatic rings. The van der Waals surface area contributed by atoms with Gasteiger partial charge in [-0.05, 0) is 37.0 Å². The third-order valence-corrected chi connectivity index (χ3v) is 4.30. The number of hydrogen-bond donors (Lipinski definition) is 2. The van der Waals surface area contributed by atoms with Gasteiger partial charge in [-0.15, -0.1) is 0 Å². The maximum absolute atomic E-state index is 12.8. The van der Waals surface area contributed by atoms with Crippen molar-refractivity contribution in [2.75, 3.05) is 27.4 Å². The number of urea groups is 1. The minimum absolute atomic E-state index is 0.194. The summed E-state index contributed by atoms with van der Waals surface area (Å²) in [6.45, 7) is 8.37. The van der Waals surface area contributed by atoms with Crippen molar-refractivity contribution in [3.05, 3.63) is 29.0 Å². The van der Waals surface area contributed by atoms with E-state index >= 15 is 0 Å². The van der Waals surface area contributed by atoms with Crippen LogP contribution in [0.4, 0.5) is 4.79 Å². The van der Waals surface area contributed by atoms with Crippen LogP contribution in [0.3, 0.4) is 0 Å². The summed E-state index contributed by atoms with van der Waals surface area (Å²) >= 11 is 0. The summed E-state index contributed by atoms with van der Waals surface area (Å²) in [5.41, 5.74) is 1.39. The molecule has 0 fully saturated rings. The molecule has 0 aliphatic carbocycles. The van der Waals surface area contributed by atoms with Gasteiger partial charge in [0.25, 0.3) is 0 Å². The first-order valence-electron chi connectivity index (χ1n) is 9.66. The van der Waals surface area contributed by atoms with Crippen LogP contribution in [0, 0.1) is 5.92 Å². The number of carbonyl (C=O) groups excluding carboxylic acids is 2. The van der Waals surface area contributed by atoms with E-state index in [1.165, 1.54) is 14.2 Å². The van der Waals surface area contributed by atoms with E-state index in [-0.39, 0.29) is 12.5 Å². The maximum Gasteiger partial charge on any atom is 0.338 e. The molecule has 8 heteroatoms. The lowest BCUT2D eigenvalue weighted by atomic mass is 9.95. The van der Waals surface area contributed by atoms with Crippen LogP contribution in [0.5, 0.6) is 17.2 Å². The summed E-state index contributed by atoms with van der Waals surface area (Å²) in [6.07, 6.45) is 0.826. The van der Waals surface area contributed by atoms with Gasteiger partial charge in [0.05, 0.1) is 39.0 Å². The molecule has 0 saturated carbocycles. The zero-order chi connectivity index (χ0) is 21.6. The first-order chi connectivity index (χ1) is 13.8. The fraction of sp³-hybridized carbons (Fsp3) is 0.524. The zero-order valence-corrected chi connectivity index (χ0v) is 17.9. The number of ether oxygens (including phenoxy) is 4. The van der Waals surface area contributed by atoms with Crippen molar-refractivity contribution >= 4 is 12.0 Å². The lowest BCUT2D eigenvalue weighted by molar-refractivity contribution is -0.140. The molecule has 1 unspecified atom stereocenters. The molecule has 160 valence electrons. The topological polar surface area (TPSA) is 95.1 Å². The predicted octanol–water partition coefficient (Wildman–Crippen LogP) is 3.32. The summed E-state index contributed by atoms with van der Waals surface area (Å²) in [5.74, 6) is 1.09. The summed E-state index contributed by atoms with van der Waals surface area (Å²) < 4.78 is 22.1. The molecule has 1 heterocycles. The van der Waals surface area contributed by atoms with Crippen LogP contribution in [0.25, 0.3) is 0 Å². The predicted molar refractivity (Wildman–Crippen MR) is 108 cm³/mol. The molecule has 1 atom stereocenters. The minimum Gasteiger partial charge on any atom is -0.493 e. The highest BCUT2D eigenvalue weighted by Gasteiger charge is 2.33. The smallest absolute Gasteiger partial charge is 0.338 e. The second-order valence-electron chi connectivity index (χ2n) is 7.17. The number of amides is 2. The molecule has 0 saturated heterocycles. The highest BCUT2D eigenvalue weighted by Crippen LogP contribution is 2.42. The number of hydrogen-bond acceptors (Lipinski definition) is 6. The molecule has 0 spiro atoms. The minimum atomic E-state index is -0.716. The Morgan fingerprint density at radius 1 is 1.17 bits per heavy atom. The third kappa shape index (κ3) is 5.34. The second-order valence-corrected chi connectivity index (χ2v) is 7.17. The lowest BCUT2D eigenvalue weighted by Gasteiger charge is -2.29. The zero-order valence-electron chi connectivity index (χ0n) is 17.9. The van der Waals surface area contributed by atoms with Gasteiger partial charge in [-0.2, -0.15) is 0 Å². The standard InChI is InChI=1S/C21H30N2O6/c1-7-8-28-19-15(26-5)9-14(10-16(19)27-6)18-17(13(4)22-21(25)23-18)20(24)29-11-12(2)3/h9-10,12,18H,7-8,11H2,1-6H3,(H2,22,23,25). The Kier molecular flexibility index (Phi) is 7.75. The maximum atomic E-state index is 12.8. The van der Waals surface area contributed by atoms with Gasteiger partial charge in [-0.25, -0.2) is 9.59 Å². The van der Waals surface area contributed by atoms with Crippen LogP contribution in [0.1, 0.15) is 45.7 Å². The molecule has 1 aromatic carbocycles. The van der Waals surface area contributed by atoms with Crippen LogP contribution in [0.2, 0.25) is 0 Å². The van der Waals surface area contributed by atoms with Gasteiger partial charge in [-0.3, -0.25) is 0 Å². The Morgan fingerprint density at radius 2 is 1.79 bits per heavy atom. The van der Waals surface area contributed by atoms with Crippen molar-refractivity contribution in [2.45, 2.75) is 40.2 Å². The highest BCUT2D eigenvalue weighted by molar-refractivity contribution is 5.95. The van der Waals surface area contributed by atoms with Gasteiger partial charge in [0.15, 0.2) is 11.5 Å². The fourth-order valence-electron chi connectivity index (χ4n) is 2.95. The molecule has 2 N–H and O–H groups in total. The van der Waals surface area contributed by atoms with Gasteiger partial charge < -0.3 is 29.6 Å². The molecule has 29 heavy (non-hydrogen) atoms. The molecule has 2 amide bonds. The number of allylic oxidation sites excluding steroid dienone is 1. The van der Waals surface area contributed by atoms with E-state index in [0.717, 1.165) is 6.42 Å². The second kappa shape index (κ2) is 10.0. The Morgan fingerprint density at radius 3 is 2.31 bits per heavy atom. The molecule has 1 aliphatic heterocycles. The van der Waals surface area contributed by atoms with Crippen LogP contribution in [-0.2, 0) is 9.53 Å². The highest BCUT2D eigenvalue weighted by atomic mass is 16.5. The van der Waals surface area contributed by atoms with Crippen molar-refractivity contribution in [1.29, 1.82) is 0 Å². The van der Waals surface area contributed by atoms with Crippen molar-refractivity contribution in [2.24, 2.45) is 5.92 Å². The Labute approximate surface area is 171 Å². The van der Waals surface area contributed by atoms with Crippen molar-refractivity contribution in [3.8, 4) is 17.2 Å². The molecular weight excluding hydrogens is 376 g/mol. The van der Waals surface area contributed by atoms with E-state index in [1.807, 2.05) is 20.8 Å². The van der Waals surface area contributed by atoms with Gasteiger partial charge in [0.2, 0.25) is 5.75 Å². The number of nitrogens with one attached hydrogen (secondary N) is 2. The van der Waals surface area contributed by atoms with Crippen LogP contribution in [-0.4, -0.2) is 39.4 Å². The molecule has 0 radical (unpaired) electrons. The molecule has 0 bridgehead atoms. The quantitative estimate of drug-likeness (QED) is 0.611. The van der Waals surface area contributed by atoms with E-state index in [1.54, 1.807) is 19.1 Å². The first-order valence-corrected chi connectivity index (χ1v) is 9.66. The average molecular weight is 406 g/mol. The first kappa shape index (κ1) is 22.4. The van der Waals surface area contributed by atoms with Crippen molar-refractivity contribution < 1.29 is 28.5 Å². The number of esters is 1. The number of methoxy groups -OCH3 is 2. The van der Waals surface area contributed by atoms with E-state index < -0.39 is 18.0 Å². The van der Waals surface area contributed by atoms with Crippen LogP contribution < -0.4 is 24.8 Å². The Hall–Kier alpha value is -2.90. The summed E-state index contributed by atoms with van der Waals surface area (Å²) in [5, 5.41) is 5.42. The van der Waals surface area contributed by atoms with E-state index in [0.29, 0.717) is 40.7 Å². The van der Waals surface area contributed by atoms with E-state index in [4.69, 9.17) is 18.9 Å². The van der Waals surface area contributed by atoms with Crippen LogP contribution >= 0.6 is 0 Å². The summed E-state index contributed by atoms with van der Waals surface area (Å²) in [6, 6.07) is 2.34. The largest absolute Gasteiger partial charge is 0.493 e. The van der Waals surface area contributed by atoms with Gasteiger partial charge in [0, 0.05) is 5.70 Å². The summed E-state index contributed by atoms with van der Waals surface area (Å²) in [7, 11) is 3.05. The Balaban J connectivity index is 2.49. The van der Waals surface area contributed by atoms with Gasteiger partial charge in [0.1, 0.15) is 0 Å². The Bertz CT molecular complexity index is 762. The third-order valence-electron chi connectivity index (χ3n) is 4.30. The van der Waals surface area contributed by atoms with Gasteiger partial charge in [-0.1, -0.05) is 20.8 Å². The molecule has 1 aromatic rings. The van der Waals surface area contributed by atoms with Gasteiger partial charge >= 0.3 is 12.0 Å². The number of benzene rings is 1. The molecule has 0 aromatic heterocycles. The van der Waals surface area contributed by atoms with Crippen molar-refractivity contribution in [3.63, 3.8) is 0 Å². The lowest BCUT2D eigenvalue weighted by Crippen LogP contribution is -2.45. The van der Waals surface area contributed by atoms with Crippen molar-refractivity contribution in [1.82, 2.24) is 10.6 Å². The van der Waals surface area contributed by atoms with Crippen LogP contribution in [0.15, 0.2) is 23.4 Å². The van der Waals surface area contributed by atoms with E-state index in [9.17, 15) is 9.59 Å². The number of carbonyl (C=O) groups is 2. The monoisotopic (exact) mass is 406 g/mol.